The van der Waals surface area contributed by atoms with E-state index in [1.165, 1.54) is 10.4 Å². The SMILES string of the molecule is CC(C)(C)[Si](O[C@@H]1C=C[C@@H](N)[C@@H]1N)(c1ccccc1)c1ccccc1. The van der Waals surface area contributed by atoms with E-state index >= 15 is 0 Å². The van der Waals surface area contributed by atoms with Crippen molar-refractivity contribution in [1.82, 2.24) is 0 Å². The van der Waals surface area contributed by atoms with Crippen LogP contribution >= 0.6 is 0 Å². The minimum atomic E-state index is -2.57. The van der Waals surface area contributed by atoms with Gasteiger partial charge in [0.1, 0.15) is 0 Å². The van der Waals surface area contributed by atoms with E-state index < -0.39 is 8.32 Å². The molecule has 0 aliphatic heterocycles. The van der Waals surface area contributed by atoms with Gasteiger partial charge in [0.05, 0.1) is 12.1 Å². The van der Waals surface area contributed by atoms with E-state index in [0.29, 0.717) is 0 Å². The summed E-state index contributed by atoms with van der Waals surface area (Å²) in [5.74, 6) is 0. The molecule has 3 atom stereocenters. The van der Waals surface area contributed by atoms with Gasteiger partial charge in [0.15, 0.2) is 0 Å². The van der Waals surface area contributed by atoms with E-state index in [1.54, 1.807) is 0 Å². The molecule has 1 aliphatic carbocycles. The van der Waals surface area contributed by atoms with Gasteiger partial charge >= 0.3 is 0 Å². The average molecular weight is 353 g/mol. The van der Waals surface area contributed by atoms with Crippen molar-refractivity contribution in [2.24, 2.45) is 11.5 Å². The Hall–Kier alpha value is -1.72. The molecule has 0 saturated carbocycles. The summed E-state index contributed by atoms with van der Waals surface area (Å²) in [7, 11) is -2.57. The van der Waals surface area contributed by atoms with Crippen molar-refractivity contribution in [2.45, 2.75) is 44.0 Å². The largest absolute Gasteiger partial charge is 0.399 e. The van der Waals surface area contributed by atoms with Crippen LogP contribution in [0.1, 0.15) is 20.8 Å². The lowest BCUT2D eigenvalue weighted by atomic mass is 10.2. The average Bonchev–Trinajstić information content (AvgIpc) is 2.92. The molecule has 0 unspecified atom stereocenters. The quantitative estimate of drug-likeness (QED) is 0.655. The Morgan fingerprint density at radius 2 is 1.28 bits per heavy atom. The molecule has 3 nitrogen and oxygen atoms in total. The van der Waals surface area contributed by atoms with Crippen LogP contribution in [0.2, 0.25) is 5.04 Å². The van der Waals surface area contributed by atoms with Gasteiger partial charge in [-0.25, -0.2) is 0 Å². The maximum absolute atomic E-state index is 6.97. The zero-order valence-corrected chi connectivity index (χ0v) is 16.2. The van der Waals surface area contributed by atoms with Gasteiger partial charge in [-0.1, -0.05) is 93.6 Å². The molecular weight excluding hydrogens is 324 g/mol. The zero-order chi connectivity index (χ0) is 18.1. The molecule has 4 heteroatoms. The smallest absolute Gasteiger partial charge is 0.261 e. The van der Waals surface area contributed by atoms with Gasteiger partial charge in [0.2, 0.25) is 0 Å². The second-order valence-electron chi connectivity index (χ2n) is 7.79. The third-order valence-corrected chi connectivity index (χ3v) is 10.1. The molecule has 1 aliphatic rings. The van der Waals surface area contributed by atoms with Crippen LogP contribution in [-0.2, 0) is 4.43 Å². The van der Waals surface area contributed by atoms with Crippen LogP contribution in [0.15, 0.2) is 72.8 Å². The normalized spacial score (nSPS) is 23.8. The predicted octanol–water partition coefficient (Wildman–Crippen LogP) is 2.16. The molecule has 4 N–H and O–H groups in total. The fraction of sp³-hybridized carbons (Fsp3) is 0.333. The molecule has 0 fully saturated rings. The van der Waals surface area contributed by atoms with Gasteiger partial charge in [-0.3, -0.25) is 0 Å². The van der Waals surface area contributed by atoms with E-state index in [4.69, 9.17) is 15.9 Å². The van der Waals surface area contributed by atoms with Crippen LogP contribution in [0.5, 0.6) is 0 Å². The summed E-state index contributed by atoms with van der Waals surface area (Å²) in [5, 5.41) is 2.46. The van der Waals surface area contributed by atoms with Gasteiger partial charge < -0.3 is 15.9 Å². The summed E-state index contributed by atoms with van der Waals surface area (Å²) in [4.78, 5) is 0. The van der Waals surface area contributed by atoms with Crippen molar-refractivity contribution in [3.63, 3.8) is 0 Å². The summed E-state index contributed by atoms with van der Waals surface area (Å²) in [5.41, 5.74) is 12.4. The lowest BCUT2D eigenvalue weighted by Crippen LogP contribution is -2.68. The van der Waals surface area contributed by atoms with Crippen LogP contribution in [-0.4, -0.2) is 26.5 Å². The van der Waals surface area contributed by atoms with Gasteiger partial charge in [0, 0.05) is 6.04 Å². The Morgan fingerprint density at radius 3 is 1.64 bits per heavy atom. The van der Waals surface area contributed by atoms with Crippen molar-refractivity contribution >= 4 is 18.7 Å². The van der Waals surface area contributed by atoms with E-state index in [2.05, 4.69) is 69.3 Å². The van der Waals surface area contributed by atoms with E-state index in [9.17, 15) is 0 Å². The molecule has 0 heterocycles. The molecule has 3 rings (SSSR count). The maximum Gasteiger partial charge on any atom is 0.261 e. The second-order valence-corrected chi connectivity index (χ2v) is 12.0. The number of nitrogens with two attached hydrogens (primary N) is 2. The highest BCUT2D eigenvalue weighted by atomic mass is 28.4. The summed E-state index contributed by atoms with van der Waals surface area (Å²) >= 11 is 0. The molecule has 25 heavy (non-hydrogen) atoms. The van der Waals surface area contributed by atoms with Gasteiger partial charge in [-0.2, -0.15) is 0 Å². The Kier molecular flexibility index (Phi) is 4.98. The fourth-order valence-electron chi connectivity index (χ4n) is 3.73. The molecule has 0 saturated heterocycles. The molecule has 0 amide bonds. The summed E-state index contributed by atoms with van der Waals surface area (Å²) in [6.07, 6.45) is 3.84. The molecule has 2 aromatic carbocycles. The highest BCUT2D eigenvalue weighted by Gasteiger charge is 2.52. The zero-order valence-electron chi connectivity index (χ0n) is 15.2. The molecule has 2 aromatic rings. The number of benzene rings is 2. The standard InChI is InChI=1S/C21H28N2OSi/c1-21(2,3)25(16-10-6-4-7-11-16,17-12-8-5-9-13-17)24-19-15-14-18(22)20(19)23/h4-15,18-20H,22-23H2,1-3H3/t18-,19-,20+/m1/s1. The Bertz CT molecular complexity index is 685. The monoisotopic (exact) mass is 352 g/mol. The van der Waals surface area contributed by atoms with Gasteiger partial charge in [-0.05, 0) is 15.4 Å². The van der Waals surface area contributed by atoms with Crippen LogP contribution in [0.3, 0.4) is 0 Å². The Labute approximate surface area is 151 Å². The lowest BCUT2D eigenvalue weighted by molar-refractivity contribution is 0.207. The second kappa shape index (κ2) is 6.88. The topological polar surface area (TPSA) is 61.3 Å². The van der Waals surface area contributed by atoms with Crippen LogP contribution in [0.25, 0.3) is 0 Å². The fourth-order valence-corrected chi connectivity index (χ4v) is 8.39. The Balaban J connectivity index is 2.18. The number of hydrogen-bond acceptors (Lipinski definition) is 3. The third-order valence-electron chi connectivity index (χ3n) is 5.08. The van der Waals surface area contributed by atoms with Crippen molar-refractivity contribution in [3.8, 4) is 0 Å². The first-order chi connectivity index (χ1) is 11.9. The predicted molar refractivity (Wildman–Crippen MR) is 108 cm³/mol. The lowest BCUT2D eigenvalue weighted by Gasteiger charge is -2.45. The first kappa shape index (κ1) is 18.1. The Morgan fingerprint density at radius 1 is 0.800 bits per heavy atom. The molecule has 0 aromatic heterocycles. The van der Waals surface area contributed by atoms with Crippen LogP contribution in [0.4, 0.5) is 0 Å². The molecule has 0 spiro atoms. The van der Waals surface area contributed by atoms with Crippen molar-refractivity contribution in [1.29, 1.82) is 0 Å². The van der Waals surface area contributed by atoms with Crippen LogP contribution in [0, 0.1) is 0 Å². The van der Waals surface area contributed by atoms with Crippen molar-refractivity contribution in [3.05, 3.63) is 72.8 Å². The first-order valence-corrected chi connectivity index (χ1v) is 10.8. The van der Waals surface area contributed by atoms with E-state index in [0.717, 1.165) is 0 Å². The molecule has 0 radical (unpaired) electrons. The number of hydrogen-bond donors (Lipinski definition) is 2. The van der Waals surface area contributed by atoms with Crippen molar-refractivity contribution in [2.75, 3.05) is 0 Å². The minimum absolute atomic E-state index is 0.0596. The third kappa shape index (κ3) is 3.23. The van der Waals surface area contributed by atoms with E-state index in [1.807, 2.05) is 24.3 Å². The highest BCUT2D eigenvalue weighted by molar-refractivity contribution is 6.99. The molecule has 0 bridgehead atoms. The van der Waals surface area contributed by atoms with Crippen molar-refractivity contribution < 1.29 is 4.43 Å². The number of rotatable bonds is 4. The molecule has 132 valence electrons. The highest BCUT2D eigenvalue weighted by Crippen LogP contribution is 2.38. The minimum Gasteiger partial charge on any atom is -0.399 e. The van der Waals surface area contributed by atoms with Gasteiger partial charge in [-0.15, -0.1) is 0 Å². The summed E-state index contributed by atoms with van der Waals surface area (Å²) < 4.78 is 6.97. The van der Waals surface area contributed by atoms with Gasteiger partial charge in [0.25, 0.3) is 8.32 Å². The first-order valence-electron chi connectivity index (χ1n) is 8.84. The van der Waals surface area contributed by atoms with Crippen LogP contribution < -0.4 is 21.8 Å². The maximum atomic E-state index is 6.97. The summed E-state index contributed by atoms with van der Waals surface area (Å²) in [6, 6.07) is 20.9. The molecular formula is C21H28N2OSi. The van der Waals surface area contributed by atoms with E-state index in [-0.39, 0.29) is 23.2 Å². The summed E-state index contributed by atoms with van der Waals surface area (Å²) in [6.45, 7) is 6.80.